The van der Waals surface area contributed by atoms with Crippen LogP contribution >= 0.6 is 0 Å². The van der Waals surface area contributed by atoms with Crippen LogP contribution in [0.4, 0.5) is 9.18 Å². The Morgan fingerprint density at radius 2 is 1.62 bits per heavy atom. The monoisotopic (exact) mass is 443 g/mol. The Kier molecular flexibility index (Phi) is 8.93. The average Bonchev–Trinajstić information content (AvgIpc) is 2.72. The zero-order valence-corrected chi connectivity index (χ0v) is 18.9. The predicted octanol–water partition coefficient (Wildman–Crippen LogP) is 4.92. The molecule has 2 atom stereocenters. The lowest BCUT2D eigenvalue weighted by Crippen LogP contribution is -2.46. The minimum Gasteiger partial charge on any atom is -0.460 e. The van der Waals surface area contributed by atoms with Crippen LogP contribution in [-0.2, 0) is 25.7 Å². The molecule has 0 heterocycles. The number of amides is 1. The smallest absolute Gasteiger partial charge is 0.408 e. The number of hydrogen-bond acceptors (Lipinski definition) is 5. The lowest BCUT2D eigenvalue weighted by atomic mass is 9.86. The van der Waals surface area contributed by atoms with Crippen LogP contribution in [0.25, 0.3) is 0 Å². The van der Waals surface area contributed by atoms with Gasteiger partial charge in [0.1, 0.15) is 24.4 Å². The van der Waals surface area contributed by atoms with Crippen molar-refractivity contribution in [3.8, 4) is 0 Å². The summed E-state index contributed by atoms with van der Waals surface area (Å²) in [7, 11) is 0. The van der Waals surface area contributed by atoms with Crippen molar-refractivity contribution >= 4 is 17.8 Å². The van der Waals surface area contributed by atoms with Gasteiger partial charge in [-0.05, 0) is 50.5 Å². The first-order chi connectivity index (χ1) is 15.1. The number of carbonyl (C=O) groups excluding carboxylic acids is 3. The molecule has 6 nitrogen and oxygen atoms in total. The molecule has 32 heavy (non-hydrogen) atoms. The average molecular weight is 444 g/mol. The fourth-order valence-corrected chi connectivity index (χ4v) is 3.30. The summed E-state index contributed by atoms with van der Waals surface area (Å²) in [5.41, 5.74) is 0.723. The summed E-state index contributed by atoms with van der Waals surface area (Å²) in [6, 6.07) is 13.8. The molecule has 0 aliphatic carbocycles. The molecule has 1 amide bonds. The standard InChI is InChI=1S/C25H30FNO5/c1-5-20(18-11-13-19(26)14-12-18)23(21(28)15-22(29)32-25(2,3)4)27-24(30)31-16-17-9-7-6-8-10-17/h6-14,20,23H,5,15-16H2,1-4H3,(H,27,30)/t20-,23-/m0/s1. The molecule has 172 valence electrons. The molecule has 2 rings (SSSR count). The first kappa shape index (κ1) is 25.0. The Hall–Kier alpha value is -3.22. The molecule has 0 saturated heterocycles. The van der Waals surface area contributed by atoms with Crippen LogP contribution in [0.1, 0.15) is 57.6 Å². The highest BCUT2D eigenvalue weighted by molar-refractivity contribution is 6.00. The van der Waals surface area contributed by atoms with E-state index in [-0.39, 0.29) is 6.61 Å². The molecule has 0 fully saturated rings. The van der Waals surface area contributed by atoms with Crippen LogP contribution in [-0.4, -0.2) is 29.5 Å². The van der Waals surface area contributed by atoms with Gasteiger partial charge in [0.25, 0.3) is 0 Å². The van der Waals surface area contributed by atoms with E-state index in [4.69, 9.17) is 9.47 Å². The van der Waals surface area contributed by atoms with Crippen molar-refractivity contribution < 1.29 is 28.2 Å². The number of ketones is 1. The minimum absolute atomic E-state index is 0.0347. The topological polar surface area (TPSA) is 81.7 Å². The van der Waals surface area contributed by atoms with Gasteiger partial charge in [-0.2, -0.15) is 0 Å². The van der Waals surface area contributed by atoms with Crippen molar-refractivity contribution in [2.75, 3.05) is 0 Å². The number of hydrogen-bond donors (Lipinski definition) is 1. The van der Waals surface area contributed by atoms with Crippen LogP contribution < -0.4 is 5.32 Å². The third-order valence-corrected chi connectivity index (χ3v) is 4.71. The SMILES string of the molecule is CC[C@@H](c1ccc(F)cc1)[C@H](NC(=O)OCc1ccccc1)C(=O)CC(=O)OC(C)(C)C. The van der Waals surface area contributed by atoms with E-state index >= 15 is 0 Å². The number of ether oxygens (including phenoxy) is 2. The van der Waals surface area contributed by atoms with Crippen LogP contribution in [0.5, 0.6) is 0 Å². The van der Waals surface area contributed by atoms with Gasteiger partial charge in [0.2, 0.25) is 0 Å². The Morgan fingerprint density at radius 1 is 1.00 bits per heavy atom. The van der Waals surface area contributed by atoms with Gasteiger partial charge >= 0.3 is 12.1 Å². The first-order valence-electron chi connectivity index (χ1n) is 10.6. The van der Waals surface area contributed by atoms with Crippen molar-refractivity contribution in [1.29, 1.82) is 0 Å². The summed E-state index contributed by atoms with van der Waals surface area (Å²) in [6.07, 6.45) is -0.814. The van der Waals surface area contributed by atoms with Crippen LogP contribution in [0.2, 0.25) is 0 Å². The van der Waals surface area contributed by atoms with Gasteiger partial charge in [0.15, 0.2) is 5.78 Å². The van der Waals surface area contributed by atoms with Crippen LogP contribution in [0, 0.1) is 5.82 Å². The maximum absolute atomic E-state index is 13.4. The van der Waals surface area contributed by atoms with Gasteiger partial charge in [0, 0.05) is 5.92 Å². The van der Waals surface area contributed by atoms with E-state index in [2.05, 4.69) is 5.32 Å². The van der Waals surface area contributed by atoms with E-state index in [1.165, 1.54) is 12.1 Å². The predicted molar refractivity (Wildman–Crippen MR) is 118 cm³/mol. The summed E-state index contributed by atoms with van der Waals surface area (Å²) >= 11 is 0. The highest BCUT2D eigenvalue weighted by atomic mass is 19.1. The maximum Gasteiger partial charge on any atom is 0.408 e. The largest absolute Gasteiger partial charge is 0.460 e. The third kappa shape index (κ3) is 8.13. The number of alkyl carbamates (subject to hydrolysis) is 1. The number of halogens is 1. The summed E-state index contributed by atoms with van der Waals surface area (Å²) < 4.78 is 23.9. The van der Waals surface area contributed by atoms with Crippen molar-refractivity contribution in [2.45, 2.75) is 64.7 Å². The lowest BCUT2D eigenvalue weighted by Gasteiger charge is -2.27. The number of carbonyl (C=O) groups is 3. The van der Waals surface area contributed by atoms with E-state index < -0.39 is 47.6 Å². The molecule has 0 bridgehead atoms. The number of benzene rings is 2. The van der Waals surface area contributed by atoms with Gasteiger partial charge in [0.05, 0.1) is 6.04 Å². The molecule has 7 heteroatoms. The molecule has 0 saturated carbocycles. The number of esters is 1. The van der Waals surface area contributed by atoms with Gasteiger partial charge in [-0.3, -0.25) is 9.59 Å². The van der Waals surface area contributed by atoms with Crippen LogP contribution in [0.15, 0.2) is 54.6 Å². The molecule has 0 spiro atoms. The van der Waals surface area contributed by atoms with Crippen LogP contribution in [0.3, 0.4) is 0 Å². The molecular formula is C25H30FNO5. The van der Waals surface area contributed by atoms with Gasteiger partial charge in [-0.1, -0.05) is 49.4 Å². The van der Waals surface area contributed by atoms with Gasteiger partial charge < -0.3 is 14.8 Å². The molecule has 0 aromatic heterocycles. The lowest BCUT2D eigenvalue weighted by molar-refractivity contribution is -0.156. The second-order valence-electron chi connectivity index (χ2n) is 8.48. The molecule has 2 aromatic carbocycles. The Bertz CT molecular complexity index is 906. The zero-order chi connectivity index (χ0) is 23.7. The molecule has 2 aromatic rings. The van der Waals surface area contributed by atoms with E-state index in [9.17, 15) is 18.8 Å². The molecule has 1 N–H and O–H groups in total. The Morgan fingerprint density at radius 3 is 2.19 bits per heavy atom. The quantitative estimate of drug-likeness (QED) is 0.440. The second-order valence-corrected chi connectivity index (χ2v) is 8.48. The minimum atomic E-state index is -1.04. The third-order valence-electron chi connectivity index (χ3n) is 4.71. The van der Waals surface area contributed by atoms with E-state index in [0.29, 0.717) is 12.0 Å². The highest BCUT2D eigenvalue weighted by Gasteiger charge is 2.32. The maximum atomic E-state index is 13.4. The molecule has 0 aliphatic rings. The number of nitrogens with one attached hydrogen (secondary N) is 1. The fourth-order valence-electron chi connectivity index (χ4n) is 3.30. The van der Waals surface area contributed by atoms with Gasteiger partial charge in [-0.25, -0.2) is 9.18 Å². The zero-order valence-electron chi connectivity index (χ0n) is 18.9. The Labute approximate surface area is 188 Å². The van der Waals surface area contributed by atoms with E-state index in [0.717, 1.165) is 5.56 Å². The van der Waals surface area contributed by atoms with E-state index in [1.807, 2.05) is 37.3 Å². The van der Waals surface area contributed by atoms with E-state index in [1.54, 1.807) is 32.9 Å². The Balaban J connectivity index is 2.18. The molecule has 0 unspecified atom stereocenters. The summed E-state index contributed by atoms with van der Waals surface area (Å²) in [5, 5.41) is 2.61. The number of Topliss-reactive ketones (excluding diaryl/α,β-unsaturated/α-hetero) is 1. The van der Waals surface area contributed by atoms with Gasteiger partial charge in [-0.15, -0.1) is 0 Å². The molecular weight excluding hydrogens is 413 g/mol. The second kappa shape index (κ2) is 11.4. The first-order valence-corrected chi connectivity index (χ1v) is 10.6. The summed E-state index contributed by atoms with van der Waals surface area (Å²) in [5.74, 6) is -2.07. The molecule has 0 aliphatic heterocycles. The molecule has 0 radical (unpaired) electrons. The van der Waals surface area contributed by atoms with Crippen molar-refractivity contribution in [3.05, 3.63) is 71.5 Å². The summed E-state index contributed by atoms with van der Waals surface area (Å²) in [4.78, 5) is 37.8. The van der Waals surface area contributed by atoms with Crippen molar-refractivity contribution in [1.82, 2.24) is 5.32 Å². The fraction of sp³-hybridized carbons (Fsp3) is 0.400. The number of rotatable bonds is 9. The highest BCUT2D eigenvalue weighted by Crippen LogP contribution is 2.26. The van der Waals surface area contributed by atoms with Crippen molar-refractivity contribution in [2.24, 2.45) is 0 Å². The van der Waals surface area contributed by atoms with Crippen molar-refractivity contribution in [3.63, 3.8) is 0 Å². The normalized spacial score (nSPS) is 13.0. The summed E-state index contributed by atoms with van der Waals surface area (Å²) in [6.45, 7) is 7.00.